The molecule has 1 amide bonds. The predicted molar refractivity (Wildman–Crippen MR) is 123 cm³/mol. The maximum atomic E-state index is 12.9. The second-order valence-electron chi connectivity index (χ2n) is 10.0. The first kappa shape index (κ1) is 20.4. The van der Waals surface area contributed by atoms with E-state index in [0.717, 1.165) is 49.3 Å². The molecule has 4 fully saturated rings. The van der Waals surface area contributed by atoms with E-state index < -0.39 is 0 Å². The molecule has 170 valence electrons. The number of amides is 1. The monoisotopic (exact) mass is 444 g/mol. The van der Waals surface area contributed by atoms with Crippen LogP contribution in [-0.4, -0.2) is 51.2 Å². The lowest BCUT2D eigenvalue weighted by atomic mass is 10.00. The number of pyridine rings is 1. The molecule has 1 aliphatic heterocycles. The lowest BCUT2D eigenvalue weighted by Crippen LogP contribution is -2.57. The van der Waals surface area contributed by atoms with Gasteiger partial charge in [-0.2, -0.15) is 10.4 Å². The van der Waals surface area contributed by atoms with Gasteiger partial charge in [0.1, 0.15) is 11.9 Å². The number of rotatable bonds is 5. The van der Waals surface area contributed by atoms with Crippen molar-refractivity contribution in [3.63, 3.8) is 0 Å². The fraction of sp³-hybridized carbons (Fsp3) is 0.560. The quantitative estimate of drug-likeness (QED) is 0.703. The third-order valence-electron chi connectivity index (χ3n) is 7.49. The fourth-order valence-corrected chi connectivity index (χ4v) is 5.08. The number of aryl methyl sites for hydroxylation is 1. The number of hydrogen-bond acceptors (Lipinski definition) is 6. The van der Waals surface area contributed by atoms with Crippen molar-refractivity contribution in [1.82, 2.24) is 19.7 Å². The minimum absolute atomic E-state index is 0.180. The Bertz CT molecular complexity index is 1220. The highest BCUT2D eigenvalue weighted by atomic mass is 16.2. The molecule has 0 spiro atoms. The molecule has 1 saturated heterocycles. The van der Waals surface area contributed by atoms with Gasteiger partial charge in [-0.05, 0) is 50.5 Å². The van der Waals surface area contributed by atoms with E-state index >= 15 is 0 Å². The van der Waals surface area contributed by atoms with E-state index in [0.29, 0.717) is 42.0 Å². The first-order valence-electron chi connectivity index (χ1n) is 12.1. The third-order valence-corrected chi connectivity index (χ3v) is 7.49. The van der Waals surface area contributed by atoms with Crippen LogP contribution in [0.25, 0.3) is 11.1 Å². The number of aromatic nitrogens is 3. The Morgan fingerprint density at radius 2 is 1.91 bits per heavy atom. The van der Waals surface area contributed by atoms with E-state index in [9.17, 15) is 14.9 Å². The van der Waals surface area contributed by atoms with Crippen molar-refractivity contribution >= 4 is 11.7 Å². The molecule has 2 aromatic rings. The molecule has 6 rings (SSSR count). The van der Waals surface area contributed by atoms with Crippen molar-refractivity contribution in [1.29, 1.82) is 5.26 Å². The normalized spacial score (nSPS) is 22.8. The van der Waals surface area contributed by atoms with Gasteiger partial charge in [0, 0.05) is 55.7 Å². The maximum Gasteiger partial charge on any atom is 0.267 e. The lowest BCUT2D eigenvalue weighted by Gasteiger charge is -2.43. The van der Waals surface area contributed by atoms with Gasteiger partial charge in [0.2, 0.25) is 5.91 Å². The number of nitriles is 1. The summed E-state index contributed by atoms with van der Waals surface area (Å²) in [6.45, 7) is 2.13. The van der Waals surface area contributed by atoms with Gasteiger partial charge in [0.05, 0.1) is 23.5 Å². The van der Waals surface area contributed by atoms with Crippen molar-refractivity contribution in [3.8, 4) is 17.2 Å². The molecule has 3 saturated carbocycles. The Balaban J connectivity index is 1.36. The maximum absolute atomic E-state index is 12.9. The van der Waals surface area contributed by atoms with Crippen molar-refractivity contribution in [2.75, 3.05) is 24.5 Å². The summed E-state index contributed by atoms with van der Waals surface area (Å²) in [6.07, 6.45) is 8.22. The molecule has 8 nitrogen and oxygen atoms in total. The smallest absolute Gasteiger partial charge is 0.267 e. The Morgan fingerprint density at radius 3 is 2.55 bits per heavy atom. The number of anilines is 1. The van der Waals surface area contributed by atoms with Crippen molar-refractivity contribution in [2.24, 2.45) is 18.9 Å². The van der Waals surface area contributed by atoms with Gasteiger partial charge < -0.3 is 9.80 Å². The van der Waals surface area contributed by atoms with Gasteiger partial charge in [-0.15, -0.1) is 0 Å². The van der Waals surface area contributed by atoms with Gasteiger partial charge in [0.25, 0.3) is 5.56 Å². The molecular formula is C25H28N6O2. The Morgan fingerprint density at radius 1 is 1.12 bits per heavy atom. The van der Waals surface area contributed by atoms with E-state index in [4.69, 9.17) is 4.98 Å². The molecular weight excluding hydrogens is 416 g/mol. The minimum atomic E-state index is -0.180. The first-order chi connectivity index (χ1) is 16.0. The summed E-state index contributed by atoms with van der Waals surface area (Å²) in [6, 6.07) is 6.02. The van der Waals surface area contributed by atoms with E-state index in [-0.39, 0.29) is 17.5 Å². The number of nitrogens with zero attached hydrogens (tertiary/aromatic N) is 6. The highest BCUT2D eigenvalue weighted by Crippen LogP contribution is 2.45. The summed E-state index contributed by atoms with van der Waals surface area (Å²) >= 11 is 0. The molecule has 8 heteroatoms. The molecule has 3 heterocycles. The van der Waals surface area contributed by atoms with Crippen molar-refractivity contribution < 1.29 is 4.79 Å². The van der Waals surface area contributed by atoms with E-state index in [1.807, 2.05) is 6.07 Å². The van der Waals surface area contributed by atoms with Crippen LogP contribution in [0.4, 0.5) is 5.82 Å². The molecule has 0 bridgehead atoms. The molecule has 1 unspecified atom stereocenters. The summed E-state index contributed by atoms with van der Waals surface area (Å²) in [5.41, 5.74) is 2.85. The summed E-state index contributed by atoms with van der Waals surface area (Å²) in [5, 5.41) is 14.2. The van der Waals surface area contributed by atoms with Crippen LogP contribution in [0.3, 0.4) is 0 Å². The molecule has 3 aliphatic carbocycles. The average molecular weight is 445 g/mol. The predicted octanol–water partition coefficient (Wildman–Crippen LogP) is 2.43. The molecule has 0 N–H and O–H groups in total. The van der Waals surface area contributed by atoms with Crippen LogP contribution in [0, 0.1) is 23.2 Å². The molecule has 4 aliphatic rings. The fourth-order valence-electron chi connectivity index (χ4n) is 5.08. The van der Waals surface area contributed by atoms with Gasteiger partial charge in [-0.3, -0.25) is 9.59 Å². The largest absolute Gasteiger partial charge is 0.352 e. The Kier molecular flexibility index (Phi) is 4.75. The van der Waals surface area contributed by atoms with Gasteiger partial charge >= 0.3 is 0 Å². The van der Waals surface area contributed by atoms with Gasteiger partial charge in [-0.25, -0.2) is 9.67 Å². The zero-order valence-electron chi connectivity index (χ0n) is 18.9. The second-order valence-corrected chi connectivity index (χ2v) is 10.0. The Labute approximate surface area is 192 Å². The van der Waals surface area contributed by atoms with Crippen molar-refractivity contribution in [2.45, 2.75) is 50.5 Å². The molecule has 0 radical (unpaired) electrons. The van der Waals surface area contributed by atoms with Crippen LogP contribution >= 0.6 is 0 Å². The highest BCUT2D eigenvalue weighted by molar-refractivity contribution is 5.82. The van der Waals surface area contributed by atoms with Crippen LogP contribution in [-0.2, 0) is 11.8 Å². The van der Waals surface area contributed by atoms with Crippen molar-refractivity contribution in [3.05, 3.63) is 39.9 Å². The summed E-state index contributed by atoms with van der Waals surface area (Å²) in [7, 11) is 1.62. The first-order valence-corrected chi connectivity index (χ1v) is 12.1. The molecule has 33 heavy (non-hydrogen) atoms. The molecule has 1 atom stereocenters. The summed E-state index contributed by atoms with van der Waals surface area (Å²) < 4.78 is 1.30. The lowest BCUT2D eigenvalue weighted by molar-refractivity contribution is -0.135. The SMILES string of the molecule is Cn1ncc(-c2cc(C#N)c(N3CCN(C(=O)C4CC4)C(C4CC4)C3)nc2C2CC2)cc1=O. The average Bonchev–Trinajstić information content (AvgIpc) is 3.68. The molecule has 2 aromatic heterocycles. The van der Waals surface area contributed by atoms with E-state index in [1.165, 1.54) is 17.5 Å². The summed E-state index contributed by atoms with van der Waals surface area (Å²) in [5.74, 6) is 2.21. The number of hydrogen-bond donors (Lipinski definition) is 0. The third kappa shape index (κ3) is 3.79. The standard InChI is InChI=1S/C25H28N6O2/c1-29-22(32)11-19(13-27-29)20-10-18(12-26)24(28-23(20)16-4-5-16)30-8-9-31(25(33)17-6-7-17)21(14-30)15-2-3-15/h10-11,13,15-17,21H,2-9,14H2,1H3. The van der Waals surface area contributed by atoms with Crippen LogP contribution in [0.5, 0.6) is 0 Å². The van der Waals surface area contributed by atoms with Crippen LogP contribution < -0.4 is 10.5 Å². The van der Waals surface area contributed by atoms with Crippen LogP contribution in [0.1, 0.15) is 55.7 Å². The number of piperazine rings is 1. The molecule has 0 aromatic carbocycles. The highest BCUT2D eigenvalue weighted by Gasteiger charge is 2.45. The number of carbonyl (C=O) groups is 1. The zero-order chi connectivity index (χ0) is 22.7. The second kappa shape index (κ2) is 7.68. The minimum Gasteiger partial charge on any atom is -0.352 e. The summed E-state index contributed by atoms with van der Waals surface area (Å²) in [4.78, 5) is 34.5. The van der Waals surface area contributed by atoms with E-state index in [2.05, 4.69) is 21.0 Å². The van der Waals surface area contributed by atoms with E-state index in [1.54, 1.807) is 19.3 Å². The van der Waals surface area contributed by atoms with Crippen LogP contribution in [0.2, 0.25) is 0 Å². The van der Waals surface area contributed by atoms with Gasteiger partial charge in [0.15, 0.2) is 0 Å². The van der Waals surface area contributed by atoms with Crippen LogP contribution in [0.15, 0.2) is 23.1 Å². The number of carbonyl (C=O) groups excluding carboxylic acids is 1. The zero-order valence-corrected chi connectivity index (χ0v) is 18.9. The topological polar surface area (TPSA) is 95.1 Å². The Hall–Kier alpha value is -3.21. The van der Waals surface area contributed by atoms with Gasteiger partial charge in [-0.1, -0.05) is 0 Å².